The van der Waals surface area contributed by atoms with E-state index < -0.39 is 30.2 Å². The molecular formula is C21H33N3O5. The molecule has 1 saturated heterocycles. The highest BCUT2D eigenvalue weighted by atomic mass is 16.5. The van der Waals surface area contributed by atoms with Gasteiger partial charge in [-0.3, -0.25) is 19.3 Å². The summed E-state index contributed by atoms with van der Waals surface area (Å²) in [5, 5.41) is 5.71. The second kappa shape index (κ2) is 7.95. The molecule has 8 nitrogen and oxygen atoms in total. The molecule has 0 aromatic rings. The molecule has 2 saturated carbocycles. The predicted molar refractivity (Wildman–Crippen MR) is 106 cm³/mol. The summed E-state index contributed by atoms with van der Waals surface area (Å²) >= 11 is 0. The zero-order valence-electron chi connectivity index (χ0n) is 17.9. The van der Waals surface area contributed by atoms with Gasteiger partial charge in [0.25, 0.3) is 11.8 Å². The Balaban J connectivity index is 1.58. The van der Waals surface area contributed by atoms with E-state index in [1.165, 1.54) is 6.92 Å². The molecule has 0 radical (unpaired) electrons. The van der Waals surface area contributed by atoms with Crippen molar-refractivity contribution in [1.29, 1.82) is 0 Å². The third-order valence-electron chi connectivity index (χ3n) is 6.29. The van der Waals surface area contributed by atoms with Gasteiger partial charge < -0.3 is 15.4 Å². The van der Waals surface area contributed by atoms with Crippen LogP contribution in [0.15, 0.2) is 0 Å². The van der Waals surface area contributed by atoms with E-state index in [0.717, 1.165) is 37.0 Å². The maximum atomic E-state index is 13.1. The van der Waals surface area contributed by atoms with Crippen molar-refractivity contribution in [1.82, 2.24) is 15.5 Å². The lowest BCUT2D eigenvalue weighted by atomic mass is 9.64. The molecule has 3 fully saturated rings. The topological polar surface area (TPSA) is 105 Å². The molecule has 3 aliphatic rings. The van der Waals surface area contributed by atoms with E-state index in [4.69, 9.17) is 4.74 Å². The maximum absolute atomic E-state index is 13.1. The van der Waals surface area contributed by atoms with Gasteiger partial charge >= 0.3 is 12.0 Å². The number of ether oxygens (including phenoxy) is 1. The van der Waals surface area contributed by atoms with Crippen LogP contribution in [0.1, 0.15) is 72.6 Å². The molecule has 1 spiro atoms. The molecule has 3 atom stereocenters. The highest BCUT2D eigenvalue weighted by Crippen LogP contribution is 2.46. The van der Waals surface area contributed by atoms with Crippen LogP contribution in [0.2, 0.25) is 0 Å². The van der Waals surface area contributed by atoms with E-state index in [9.17, 15) is 19.2 Å². The van der Waals surface area contributed by atoms with Gasteiger partial charge in [0.05, 0.1) is 0 Å². The average molecular weight is 408 g/mol. The third kappa shape index (κ3) is 4.73. The standard InChI is InChI=1S/C21H33N3O5/c1-13-9-20(3,4)12-21(10-13)18(27)24(19(28)23-21)11-16(25)29-14(2)17(26)22-15-7-5-6-8-15/h13-15H,5-12H2,1-4H3,(H,22,26)(H,23,28)/t13-,14-,21-/m0/s1. The van der Waals surface area contributed by atoms with Crippen molar-refractivity contribution in [3.8, 4) is 0 Å². The number of nitrogens with one attached hydrogen (secondary N) is 2. The van der Waals surface area contributed by atoms with Gasteiger partial charge in [0.1, 0.15) is 12.1 Å². The predicted octanol–water partition coefficient (Wildman–Crippen LogP) is 2.11. The van der Waals surface area contributed by atoms with Crippen molar-refractivity contribution >= 4 is 23.8 Å². The number of hydrogen-bond donors (Lipinski definition) is 2. The lowest BCUT2D eigenvalue weighted by Crippen LogP contribution is -2.54. The first kappa shape index (κ1) is 21.6. The zero-order valence-corrected chi connectivity index (χ0v) is 17.9. The summed E-state index contributed by atoms with van der Waals surface area (Å²) < 4.78 is 5.19. The fourth-order valence-corrected chi connectivity index (χ4v) is 5.46. The Labute approximate surface area is 172 Å². The van der Waals surface area contributed by atoms with Gasteiger partial charge in [-0.25, -0.2) is 4.79 Å². The number of nitrogens with zero attached hydrogens (tertiary/aromatic N) is 1. The number of urea groups is 1. The van der Waals surface area contributed by atoms with E-state index in [0.29, 0.717) is 12.8 Å². The van der Waals surface area contributed by atoms with Crippen LogP contribution in [-0.2, 0) is 19.1 Å². The molecule has 0 aromatic carbocycles. The number of hydrogen-bond acceptors (Lipinski definition) is 5. The molecule has 0 unspecified atom stereocenters. The summed E-state index contributed by atoms with van der Waals surface area (Å²) in [7, 11) is 0. The molecule has 162 valence electrons. The van der Waals surface area contributed by atoms with Crippen LogP contribution < -0.4 is 10.6 Å². The van der Waals surface area contributed by atoms with Crippen LogP contribution in [0.25, 0.3) is 0 Å². The highest BCUT2D eigenvalue weighted by molar-refractivity contribution is 6.08. The fourth-order valence-electron chi connectivity index (χ4n) is 5.46. The van der Waals surface area contributed by atoms with Crippen molar-refractivity contribution < 1.29 is 23.9 Å². The van der Waals surface area contributed by atoms with E-state index in [2.05, 4.69) is 31.4 Å². The van der Waals surface area contributed by atoms with Crippen LogP contribution in [0.5, 0.6) is 0 Å². The molecule has 0 aromatic heterocycles. The summed E-state index contributed by atoms with van der Waals surface area (Å²) in [4.78, 5) is 51.0. The number of rotatable bonds is 5. The van der Waals surface area contributed by atoms with Gasteiger partial charge in [-0.1, -0.05) is 33.6 Å². The van der Waals surface area contributed by atoms with Gasteiger partial charge in [-0.15, -0.1) is 0 Å². The molecular weight excluding hydrogens is 374 g/mol. The highest BCUT2D eigenvalue weighted by Gasteiger charge is 2.56. The molecule has 8 heteroatoms. The quantitative estimate of drug-likeness (QED) is 0.536. The molecule has 4 amide bonds. The largest absolute Gasteiger partial charge is 0.451 e. The van der Waals surface area contributed by atoms with Crippen molar-refractivity contribution in [2.45, 2.75) is 90.3 Å². The average Bonchev–Trinajstić information content (AvgIpc) is 3.16. The van der Waals surface area contributed by atoms with Crippen molar-refractivity contribution in [2.24, 2.45) is 11.3 Å². The SMILES string of the molecule is C[C@H]1CC(C)(C)C[C@]2(C1)NC(=O)N(CC(=O)O[C@@H](C)C(=O)NC1CCCC1)C2=O. The summed E-state index contributed by atoms with van der Waals surface area (Å²) in [6.07, 6.45) is 5.16. The van der Waals surface area contributed by atoms with Gasteiger partial charge in [-0.2, -0.15) is 0 Å². The Bertz CT molecular complexity index is 700. The van der Waals surface area contributed by atoms with E-state index >= 15 is 0 Å². The smallest absolute Gasteiger partial charge is 0.327 e. The third-order valence-corrected chi connectivity index (χ3v) is 6.29. The minimum absolute atomic E-state index is 0.0794. The summed E-state index contributed by atoms with van der Waals surface area (Å²) in [5.41, 5.74) is -1.03. The second-order valence-electron chi connectivity index (χ2n) is 9.88. The normalized spacial score (nSPS) is 30.3. The summed E-state index contributed by atoms with van der Waals surface area (Å²) in [5.74, 6) is -1.19. The maximum Gasteiger partial charge on any atom is 0.327 e. The van der Waals surface area contributed by atoms with Crippen molar-refractivity contribution in [3.63, 3.8) is 0 Å². The van der Waals surface area contributed by atoms with Gasteiger partial charge in [0.15, 0.2) is 6.10 Å². The van der Waals surface area contributed by atoms with Gasteiger partial charge in [0, 0.05) is 6.04 Å². The molecule has 2 N–H and O–H groups in total. The Morgan fingerprint density at radius 2 is 1.90 bits per heavy atom. The Morgan fingerprint density at radius 3 is 2.52 bits per heavy atom. The van der Waals surface area contributed by atoms with E-state index in [1.54, 1.807) is 0 Å². The number of imide groups is 1. The Morgan fingerprint density at radius 1 is 1.24 bits per heavy atom. The van der Waals surface area contributed by atoms with Crippen LogP contribution in [0.4, 0.5) is 4.79 Å². The minimum atomic E-state index is -0.966. The molecule has 1 heterocycles. The van der Waals surface area contributed by atoms with E-state index in [1.807, 2.05) is 0 Å². The molecule has 2 aliphatic carbocycles. The van der Waals surface area contributed by atoms with Gasteiger partial charge in [0.2, 0.25) is 0 Å². The van der Waals surface area contributed by atoms with Crippen LogP contribution >= 0.6 is 0 Å². The first-order valence-corrected chi connectivity index (χ1v) is 10.7. The van der Waals surface area contributed by atoms with Gasteiger partial charge in [-0.05, 0) is 50.4 Å². The number of carbonyl (C=O) groups excluding carboxylic acids is 4. The Hall–Kier alpha value is -2.12. The Kier molecular flexibility index (Phi) is 5.92. The minimum Gasteiger partial charge on any atom is -0.451 e. The monoisotopic (exact) mass is 407 g/mol. The number of esters is 1. The van der Waals surface area contributed by atoms with Crippen LogP contribution in [0, 0.1) is 11.3 Å². The number of amides is 4. The second-order valence-corrected chi connectivity index (χ2v) is 9.88. The molecule has 29 heavy (non-hydrogen) atoms. The zero-order chi connectivity index (χ0) is 21.4. The lowest BCUT2D eigenvalue weighted by Gasteiger charge is -2.43. The first-order chi connectivity index (χ1) is 13.5. The lowest BCUT2D eigenvalue weighted by molar-refractivity contribution is -0.157. The summed E-state index contributed by atoms with van der Waals surface area (Å²) in [6.45, 7) is 7.27. The van der Waals surface area contributed by atoms with Crippen molar-refractivity contribution in [3.05, 3.63) is 0 Å². The molecule has 3 rings (SSSR count). The van der Waals surface area contributed by atoms with E-state index in [-0.39, 0.29) is 29.2 Å². The fraction of sp³-hybridized carbons (Fsp3) is 0.810. The van der Waals surface area contributed by atoms with Crippen molar-refractivity contribution in [2.75, 3.05) is 6.54 Å². The number of carbonyl (C=O) groups is 4. The molecule has 0 bridgehead atoms. The first-order valence-electron chi connectivity index (χ1n) is 10.7. The summed E-state index contributed by atoms with van der Waals surface area (Å²) in [6, 6.07) is -0.439. The molecule has 1 aliphatic heterocycles. The van der Waals surface area contributed by atoms with Crippen LogP contribution in [0.3, 0.4) is 0 Å². The van der Waals surface area contributed by atoms with Crippen LogP contribution in [-0.4, -0.2) is 52.9 Å².